The third kappa shape index (κ3) is 5.45. The molecule has 0 aliphatic rings. The Hall–Kier alpha value is -2.73. The van der Waals surface area contributed by atoms with Crippen LogP contribution in [0.1, 0.15) is 51.4 Å². The largest absolute Gasteiger partial charge is 0.352 e. The van der Waals surface area contributed by atoms with Crippen molar-refractivity contribution in [2.45, 2.75) is 41.0 Å². The summed E-state index contributed by atoms with van der Waals surface area (Å²) < 4.78 is 1.01. The van der Waals surface area contributed by atoms with E-state index in [2.05, 4.69) is 29.5 Å². The molecule has 2 aromatic carbocycles. The molecule has 0 radical (unpaired) electrons. The highest BCUT2D eigenvalue weighted by Crippen LogP contribution is 2.31. The minimum atomic E-state index is -0.473. The molecule has 0 aliphatic carbocycles. The van der Waals surface area contributed by atoms with Crippen LogP contribution in [0.2, 0.25) is 0 Å². The Morgan fingerprint density at radius 1 is 1.07 bits per heavy atom. The molecule has 5 nitrogen and oxygen atoms in total. The molecule has 2 amide bonds. The number of fused-ring (bicyclic) bond motifs is 1. The van der Waals surface area contributed by atoms with E-state index >= 15 is 0 Å². The van der Waals surface area contributed by atoms with Crippen LogP contribution in [0.15, 0.2) is 42.5 Å². The molecular formula is C24H29N3O2S. The van der Waals surface area contributed by atoms with Crippen LogP contribution >= 0.6 is 11.3 Å². The third-order valence-electron chi connectivity index (χ3n) is 4.75. The maximum absolute atomic E-state index is 12.4. The van der Waals surface area contributed by atoms with Gasteiger partial charge >= 0.3 is 0 Å². The minimum absolute atomic E-state index is 0.0561. The summed E-state index contributed by atoms with van der Waals surface area (Å²) in [6.07, 6.45) is 0.958. The molecule has 0 fully saturated rings. The Balaban J connectivity index is 1.80. The number of rotatable bonds is 6. The zero-order valence-corrected chi connectivity index (χ0v) is 19.0. The minimum Gasteiger partial charge on any atom is -0.352 e. The van der Waals surface area contributed by atoms with Gasteiger partial charge in [-0.25, -0.2) is 4.98 Å². The zero-order valence-electron chi connectivity index (χ0n) is 18.2. The second-order valence-electron chi connectivity index (χ2n) is 8.92. The third-order valence-corrected chi connectivity index (χ3v) is 5.71. The lowest BCUT2D eigenvalue weighted by Gasteiger charge is -2.15. The number of anilines is 1. The number of thiazole rings is 1. The van der Waals surface area contributed by atoms with Crippen molar-refractivity contribution in [3.8, 4) is 11.1 Å². The summed E-state index contributed by atoms with van der Waals surface area (Å²) in [5.41, 5.74) is 2.94. The molecule has 30 heavy (non-hydrogen) atoms. The number of aromatic nitrogens is 1. The van der Waals surface area contributed by atoms with Crippen molar-refractivity contribution in [2.24, 2.45) is 11.3 Å². The summed E-state index contributed by atoms with van der Waals surface area (Å²) in [4.78, 5) is 29.3. The molecule has 1 aromatic heterocycles. The van der Waals surface area contributed by atoms with Crippen LogP contribution in [-0.2, 0) is 4.79 Å². The van der Waals surface area contributed by atoms with E-state index in [1.807, 2.05) is 63.2 Å². The smallest absolute Gasteiger partial charge is 0.251 e. The molecule has 0 atom stereocenters. The number of amides is 2. The second-order valence-corrected chi connectivity index (χ2v) is 9.96. The van der Waals surface area contributed by atoms with Crippen molar-refractivity contribution >= 4 is 38.5 Å². The van der Waals surface area contributed by atoms with E-state index in [0.29, 0.717) is 23.2 Å². The van der Waals surface area contributed by atoms with Gasteiger partial charge in [0.1, 0.15) is 0 Å². The lowest BCUT2D eigenvalue weighted by molar-refractivity contribution is -0.123. The van der Waals surface area contributed by atoms with Gasteiger partial charge in [0.05, 0.1) is 10.2 Å². The number of carbonyl (C=O) groups is 2. The van der Waals surface area contributed by atoms with Gasteiger partial charge in [-0.3, -0.25) is 9.59 Å². The van der Waals surface area contributed by atoms with Crippen LogP contribution in [0.4, 0.5) is 5.13 Å². The first kappa shape index (κ1) is 22.0. The highest BCUT2D eigenvalue weighted by atomic mass is 32.1. The number of benzene rings is 2. The summed E-state index contributed by atoms with van der Waals surface area (Å²) in [6, 6.07) is 13.6. The van der Waals surface area contributed by atoms with E-state index in [-0.39, 0.29) is 11.8 Å². The fourth-order valence-electron chi connectivity index (χ4n) is 2.86. The molecule has 6 heteroatoms. The van der Waals surface area contributed by atoms with Crippen molar-refractivity contribution in [3.05, 3.63) is 48.0 Å². The van der Waals surface area contributed by atoms with E-state index in [1.165, 1.54) is 11.3 Å². The first-order valence-corrected chi connectivity index (χ1v) is 11.1. The van der Waals surface area contributed by atoms with Gasteiger partial charge in [-0.2, -0.15) is 0 Å². The molecule has 158 valence electrons. The zero-order chi connectivity index (χ0) is 21.9. The Morgan fingerprint density at radius 2 is 1.80 bits per heavy atom. The van der Waals surface area contributed by atoms with Gasteiger partial charge < -0.3 is 10.6 Å². The second kappa shape index (κ2) is 8.96. The van der Waals surface area contributed by atoms with Gasteiger partial charge in [0, 0.05) is 17.5 Å². The van der Waals surface area contributed by atoms with E-state index in [9.17, 15) is 9.59 Å². The van der Waals surface area contributed by atoms with Crippen LogP contribution in [0.25, 0.3) is 21.3 Å². The van der Waals surface area contributed by atoms with Crippen LogP contribution in [0.5, 0.6) is 0 Å². The number of hydrogen-bond acceptors (Lipinski definition) is 4. The van der Waals surface area contributed by atoms with Crippen LogP contribution in [-0.4, -0.2) is 23.3 Å². The topological polar surface area (TPSA) is 71.1 Å². The monoisotopic (exact) mass is 423 g/mol. The highest BCUT2D eigenvalue weighted by molar-refractivity contribution is 7.22. The van der Waals surface area contributed by atoms with Gasteiger partial charge in [-0.05, 0) is 47.7 Å². The molecule has 2 N–H and O–H groups in total. The van der Waals surface area contributed by atoms with Crippen LogP contribution in [0, 0.1) is 11.3 Å². The van der Waals surface area contributed by atoms with Gasteiger partial charge in [-0.15, -0.1) is 0 Å². The molecule has 1 heterocycles. The first-order valence-electron chi connectivity index (χ1n) is 10.2. The lowest BCUT2D eigenvalue weighted by Crippen LogP contribution is -2.27. The van der Waals surface area contributed by atoms with Crippen molar-refractivity contribution in [1.29, 1.82) is 0 Å². The summed E-state index contributed by atoms with van der Waals surface area (Å²) in [5.74, 6) is 0.442. The Morgan fingerprint density at radius 3 is 2.50 bits per heavy atom. The molecule has 0 saturated carbocycles. The van der Waals surface area contributed by atoms with E-state index in [4.69, 9.17) is 0 Å². The van der Waals surface area contributed by atoms with Crippen molar-refractivity contribution in [2.75, 3.05) is 11.9 Å². The highest BCUT2D eigenvalue weighted by Gasteiger charge is 2.22. The first-order chi connectivity index (χ1) is 14.1. The Labute approximate surface area is 181 Å². The van der Waals surface area contributed by atoms with E-state index in [0.717, 1.165) is 27.8 Å². The predicted octanol–water partition coefficient (Wildman–Crippen LogP) is 5.72. The SMILES string of the molecule is CC(C)CCNC(=O)c1cccc(-c2ccc3sc(NC(=O)C(C)(C)C)nc3c2)c1. The summed E-state index contributed by atoms with van der Waals surface area (Å²) >= 11 is 1.46. The average molecular weight is 424 g/mol. The van der Waals surface area contributed by atoms with E-state index in [1.54, 1.807) is 0 Å². The maximum Gasteiger partial charge on any atom is 0.251 e. The van der Waals surface area contributed by atoms with Gasteiger partial charge in [-0.1, -0.05) is 64.2 Å². The molecule has 3 aromatic rings. The maximum atomic E-state index is 12.4. The Bertz CT molecular complexity index is 1060. The van der Waals surface area contributed by atoms with Crippen molar-refractivity contribution < 1.29 is 9.59 Å². The normalized spacial score (nSPS) is 11.7. The lowest BCUT2D eigenvalue weighted by atomic mass is 9.96. The molecule has 0 unspecified atom stereocenters. The number of hydrogen-bond donors (Lipinski definition) is 2. The average Bonchev–Trinajstić information content (AvgIpc) is 3.08. The van der Waals surface area contributed by atoms with Gasteiger partial charge in [0.2, 0.25) is 5.91 Å². The fourth-order valence-corrected chi connectivity index (χ4v) is 3.70. The summed E-state index contributed by atoms with van der Waals surface area (Å²) in [5, 5.41) is 6.48. The van der Waals surface area contributed by atoms with Gasteiger partial charge in [0.15, 0.2) is 5.13 Å². The van der Waals surface area contributed by atoms with Crippen molar-refractivity contribution in [1.82, 2.24) is 10.3 Å². The molecule has 0 bridgehead atoms. The quantitative estimate of drug-likeness (QED) is 0.532. The van der Waals surface area contributed by atoms with E-state index < -0.39 is 5.41 Å². The Kier molecular flexibility index (Phi) is 6.56. The number of carbonyl (C=O) groups excluding carboxylic acids is 2. The van der Waals surface area contributed by atoms with Crippen molar-refractivity contribution in [3.63, 3.8) is 0 Å². The standard InChI is InChI=1S/C24H29N3O2S/c1-15(2)11-12-25-21(28)18-8-6-7-16(13-18)17-9-10-20-19(14-17)26-23(30-20)27-22(29)24(3,4)5/h6-10,13-15H,11-12H2,1-5H3,(H,25,28)(H,26,27,29). The fraction of sp³-hybridized carbons (Fsp3) is 0.375. The molecule has 0 aliphatic heterocycles. The number of nitrogens with one attached hydrogen (secondary N) is 2. The predicted molar refractivity (Wildman–Crippen MR) is 125 cm³/mol. The summed E-state index contributed by atoms with van der Waals surface area (Å²) in [6.45, 7) is 10.6. The molecule has 3 rings (SSSR count). The summed E-state index contributed by atoms with van der Waals surface area (Å²) in [7, 11) is 0. The van der Waals surface area contributed by atoms with Gasteiger partial charge in [0.25, 0.3) is 5.91 Å². The number of nitrogens with zero attached hydrogens (tertiary/aromatic N) is 1. The van der Waals surface area contributed by atoms with Crippen LogP contribution in [0.3, 0.4) is 0 Å². The van der Waals surface area contributed by atoms with Crippen LogP contribution < -0.4 is 10.6 Å². The molecular weight excluding hydrogens is 394 g/mol. The molecule has 0 saturated heterocycles. The molecule has 0 spiro atoms.